The van der Waals surface area contributed by atoms with Crippen LogP contribution in [0.4, 0.5) is 0 Å². The zero-order chi connectivity index (χ0) is 19.4. The fourth-order valence-electron chi connectivity index (χ4n) is 2.80. The number of methoxy groups -OCH3 is 3. The third kappa shape index (κ3) is 3.86. The average molecular weight is 374 g/mol. The van der Waals surface area contributed by atoms with Gasteiger partial charge in [-0.1, -0.05) is 0 Å². The van der Waals surface area contributed by atoms with Crippen LogP contribution in [0.3, 0.4) is 0 Å². The van der Waals surface area contributed by atoms with Crippen molar-refractivity contribution < 1.29 is 33.2 Å². The first-order valence-corrected chi connectivity index (χ1v) is 8.43. The second-order valence-electron chi connectivity index (χ2n) is 5.91. The van der Waals surface area contributed by atoms with Gasteiger partial charge in [0, 0.05) is 0 Å². The Morgan fingerprint density at radius 3 is 2.30 bits per heavy atom. The number of rotatable bonds is 6. The molecule has 0 bridgehead atoms. The van der Waals surface area contributed by atoms with Crippen molar-refractivity contribution in [1.29, 1.82) is 0 Å². The lowest BCUT2D eigenvalue weighted by molar-refractivity contribution is 0.0470. The molecule has 1 aliphatic heterocycles. The number of aryl methyl sites for hydroxylation is 1. The summed E-state index contributed by atoms with van der Waals surface area (Å²) in [7, 11) is 4.65. The molecule has 0 saturated carbocycles. The van der Waals surface area contributed by atoms with Gasteiger partial charge in [0.25, 0.3) is 0 Å². The SMILES string of the molecule is COc1cc(C)c(COC(=O)c2cc(OC)c3c(c2)OCCO3)cc1OC. The van der Waals surface area contributed by atoms with Crippen LogP contribution in [0.1, 0.15) is 21.5 Å². The Labute approximate surface area is 157 Å². The standard InChI is InChI=1S/C20H22O7/c1-12-7-15(22-2)16(23-3)10-14(12)11-27-20(21)13-8-17(24-4)19-18(9-13)25-5-6-26-19/h7-10H,5-6,11H2,1-4H3. The molecule has 0 aromatic heterocycles. The molecule has 1 aliphatic rings. The van der Waals surface area contributed by atoms with E-state index in [4.69, 9.17) is 28.4 Å². The van der Waals surface area contributed by atoms with Crippen molar-refractivity contribution in [2.75, 3.05) is 34.5 Å². The average Bonchev–Trinajstić information content (AvgIpc) is 2.71. The molecule has 2 aromatic rings. The van der Waals surface area contributed by atoms with Gasteiger partial charge in [-0.15, -0.1) is 0 Å². The maximum atomic E-state index is 12.5. The first kappa shape index (κ1) is 18.7. The van der Waals surface area contributed by atoms with E-state index < -0.39 is 5.97 Å². The molecule has 0 N–H and O–H groups in total. The number of esters is 1. The summed E-state index contributed by atoms with van der Waals surface area (Å²) in [5.74, 6) is 2.11. The maximum absolute atomic E-state index is 12.5. The summed E-state index contributed by atoms with van der Waals surface area (Å²) in [4.78, 5) is 12.5. The molecule has 7 nitrogen and oxygen atoms in total. The van der Waals surface area contributed by atoms with Gasteiger partial charge < -0.3 is 28.4 Å². The van der Waals surface area contributed by atoms with E-state index in [9.17, 15) is 4.79 Å². The number of fused-ring (bicyclic) bond motifs is 1. The Hall–Kier alpha value is -3.09. The van der Waals surface area contributed by atoms with Crippen LogP contribution in [0.2, 0.25) is 0 Å². The summed E-state index contributed by atoms with van der Waals surface area (Å²) in [6, 6.07) is 6.82. The maximum Gasteiger partial charge on any atom is 0.338 e. The molecule has 0 unspecified atom stereocenters. The molecule has 0 saturated heterocycles. The molecular formula is C20H22O7. The van der Waals surface area contributed by atoms with Crippen LogP contribution in [0.25, 0.3) is 0 Å². The molecule has 3 rings (SSSR count). The Kier molecular flexibility index (Phi) is 5.59. The molecule has 7 heteroatoms. The topological polar surface area (TPSA) is 72.5 Å². The van der Waals surface area contributed by atoms with Crippen molar-refractivity contribution in [3.8, 4) is 28.7 Å². The van der Waals surface area contributed by atoms with Crippen molar-refractivity contribution in [3.05, 3.63) is 41.0 Å². The minimum atomic E-state index is -0.487. The second kappa shape index (κ2) is 8.07. The van der Waals surface area contributed by atoms with E-state index in [2.05, 4.69) is 0 Å². The largest absolute Gasteiger partial charge is 0.493 e. The molecule has 0 spiro atoms. The summed E-state index contributed by atoms with van der Waals surface area (Å²) < 4.78 is 32.4. The number of ether oxygens (including phenoxy) is 6. The van der Waals surface area contributed by atoms with Crippen LogP contribution < -0.4 is 23.7 Å². The van der Waals surface area contributed by atoms with Gasteiger partial charge in [-0.3, -0.25) is 0 Å². The molecular weight excluding hydrogens is 352 g/mol. The highest BCUT2D eigenvalue weighted by Crippen LogP contribution is 2.40. The Morgan fingerprint density at radius 1 is 0.926 bits per heavy atom. The van der Waals surface area contributed by atoms with Crippen LogP contribution in [-0.2, 0) is 11.3 Å². The predicted octanol–water partition coefficient (Wildman–Crippen LogP) is 3.15. The minimum Gasteiger partial charge on any atom is -0.493 e. The number of hydrogen-bond donors (Lipinski definition) is 0. The number of carbonyl (C=O) groups is 1. The minimum absolute atomic E-state index is 0.0990. The summed E-state index contributed by atoms with van der Waals surface area (Å²) in [6.45, 7) is 2.87. The van der Waals surface area contributed by atoms with Crippen molar-refractivity contribution in [2.24, 2.45) is 0 Å². The molecule has 2 aromatic carbocycles. The van der Waals surface area contributed by atoms with Gasteiger partial charge in [-0.25, -0.2) is 4.79 Å². The predicted molar refractivity (Wildman–Crippen MR) is 97.4 cm³/mol. The lowest BCUT2D eigenvalue weighted by Crippen LogP contribution is -2.17. The zero-order valence-corrected chi connectivity index (χ0v) is 15.8. The summed E-state index contributed by atoms with van der Waals surface area (Å²) >= 11 is 0. The van der Waals surface area contributed by atoms with E-state index in [0.717, 1.165) is 11.1 Å². The van der Waals surface area contributed by atoms with Crippen LogP contribution in [0.15, 0.2) is 24.3 Å². The van der Waals surface area contributed by atoms with Gasteiger partial charge in [-0.2, -0.15) is 0 Å². The fourth-order valence-corrected chi connectivity index (χ4v) is 2.80. The van der Waals surface area contributed by atoms with E-state index in [1.165, 1.54) is 7.11 Å². The normalized spacial score (nSPS) is 12.3. The quantitative estimate of drug-likeness (QED) is 0.719. The first-order valence-electron chi connectivity index (χ1n) is 8.43. The van der Waals surface area contributed by atoms with Gasteiger partial charge in [0.05, 0.1) is 26.9 Å². The molecule has 27 heavy (non-hydrogen) atoms. The van der Waals surface area contributed by atoms with E-state index in [-0.39, 0.29) is 6.61 Å². The molecule has 144 valence electrons. The Balaban J connectivity index is 1.78. The molecule has 0 amide bonds. The van der Waals surface area contributed by atoms with Crippen LogP contribution in [-0.4, -0.2) is 40.5 Å². The van der Waals surface area contributed by atoms with Gasteiger partial charge in [-0.05, 0) is 42.3 Å². The molecule has 0 atom stereocenters. The zero-order valence-electron chi connectivity index (χ0n) is 15.8. The van der Waals surface area contributed by atoms with Gasteiger partial charge in [0.15, 0.2) is 23.0 Å². The molecule has 0 aliphatic carbocycles. The van der Waals surface area contributed by atoms with Crippen molar-refractivity contribution in [2.45, 2.75) is 13.5 Å². The Morgan fingerprint density at radius 2 is 1.59 bits per heavy atom. The van der Waals surface area contributed by atoms with Crippen LogP contribution >= 0.6 is 0 Å². The lowest BCUT2D eigenvalue weighted by atomic mass is 10.1. The third-order valence-corrected chi connectivity index (χ3v) is 4.26. The summed E-state index contributed by atoms with van der Waals surface area (Å²) in [5.41, 5.74) is 2.08. The molecule has 0 fully saturated rings. The third-order valence-electron chi connectivity index (χ3n) is 4.26. The van der Waals surface area contributed by atoms with Crippen LogP contribution in [0.5, 0.6) is 28.7 Å². The van der Waals surface area contributed by atoms with Gasteiger partial charge >= 0.3 is 5.97 Å². The summed E-state index contributed by atoms with van der Waals surface area (Å²) in [5, 5.41) is 0. The van der Waals surface area contributed by atoms with Crippen molar-refractivity contribution in [3.63, 3.8) is 0 Å². The second-order valence-corrected chi connectivity index (χ2v) is 5.91. The smallest absolute Gasteiger partial charge is 0.338 e. The van der Waals surface area contributed by atoms with Gasteiger partial charge in [0.1, 0.15) is 19.8 Å². The van der Waals surface area contributed by atoms with Crippen molar-refractivity contribution in [1.82, 2.24) is 0 Å². The summed E-state index contributed by atoms with van der Waals surface area (Å²) in [6.07, 6.45) is 0. The first-order chi connectivity index (χ1) is 13.1. The monoisotopic (exact) mass is 374 g/mol. The molecule has 1 heterocycles. The fraction of sp³-hybridized carbons (Fsp3) is 0.350. The molecule has 0 radical (unpaired) electrons. The highest BCUT2D eigenvalue weighted by atomic mass is 16.6. The Bertz CT molecular complexity index is 827. The van der Waals surface area contributed by atoms with E-state index >= 15 is 0 Å². The number of carbonyl (C=O) groups excluding carboxylic acids is 1. The van der Waals surface area contributed by atoms with Gasteiger partial charge in [0.2, 0.25) is 5.75 Å². The van der Waals surface area contributed by atoms with Crippen LogP contribution in [0, 0.1) is 6.92 Å². The highest BCUT2D eigenvalue weighted by molar-refractivity contribution is 5.91. The highest BCUT2D eigenvalue weighted by Gasteiger charge is 2.22. The number of hydrogen-bond acceptors (Lipinski definition) is 7. The van der Waals surface area contributed by atoms with E-state index in [1.807, 2.05) is 13.0 Å². The van der Waals surface area contributed by atoms with E-state index in [1.54, 1.807) is 32.4 Å². The van der Waals surface area contributed by atoms with Crippen molar-refractivity contribution >= 4 is 5.97 Å². The van der Waals surface area contributed by atoms with E-state index in [0.29, 0.717) is 47.5 Å². The number of benzene rings is 2. The lowest BCUT2D eigenvalue weighted by Gasteiger charge is -2.21.